The fourth-order valence-electron chi connectivity index (χ4n) is 1.39. The summed E-state index contributed by atoms with van der Waals surface area (Å²) in [5.41, 5.74) is 0.521. The lowest BCUT2D eigenvalue weighted by atomic mass is 10.1. The number of hydrogen-bond donors (Lipinski definition) is 2. The summed E-state index contributed by atoms with van der Waals surface area (Å²) in [4.78, 5) is 11.2. The van der Waals surface area contributed by atoms with Gasteiger partial charge >= 0.3 is 6.03 Å². The molecule has 1 rings (SSSR count). The van der Waals surface area contributed by atoms with Crippen LogP contribution in [0.1, 0.15) is 19.4 Å². The van der Waals surface area contributed by atoms with E-state index >= 15 is 0 Å². The van der Waals surface area contributed by atoms with Crippen LogP contribution in [-0.4, -0.2) is 18.6 Å². The quantitative estimate of drug-likeness (QED) is 0.835. The maximum Gasteiger partial charge on any atom is 0.314 e. The number of nitrogens with one attached hydrogen (secondary N) is 2. The predicted octanol–water partition coefficient (Wildman–Crippen LogP) is 2.21. The zero-order valence-corrected chi connectivity index (χ0v) is 9.89. The molecule has 0 aliphatic carbocycles. The molecule has 0 heterocycles. The molecule has 0 atom stereocenters. The Morgan fingerprint density at radius 2 is 1.82 bits per heavy atom. The first-order valence-electron chi connectivity index (χ1n) is 5.46. The van der Waals surface area contributed by atoms with Gasteiger partial charge in [0.1, 0.15) is 11.6 Å². The summed E-state index contributed by atoms with van der Waals surface area (Å²) in [5, 5.41) is 5.26. The number of hydrogen-bond acceptors (Lipinski definition) is 1. The second kappa shape index (κ2) is 6.18. The van der Waals surface area contributed by atoms with Crippen LogP contribution in [0.25, 0.3) is 0 Å². The van der Waals surface area contributed by atoms with Crippen molar-refractivity contribution in [2.24, 2.45) is 0 Å². The van der Waals surface area contributed by atoms with Crippen LogP contribution in [0.15, 0.2) is 18.2 Å². The smallest absolute Gasteiger partial charge is 0.314 e. The number of amides is 2. The number of urea groups is 1. The monoisotopic (exact) mass is 242 g/mol. The molecule has 5 heteroatoms. The third-order valence-electron chi connectivity index (χ3n) is 2.04. The van der Waals surface area contributed by atoms with E-state index in [0.29, 0.717) is 18.5 Å². The molecule has 0 aliphatic rings. The molecule has 94 valence electrons. The van der Waals surface area contributed by atoms with E-state index < -0.39 is 11.6 Å². The second-order valence-electron chi connectivity index (χ2n) is 4.08. The molecule has 0 bridgehead atoms. The summed E-state index contributed by atoms with van der Waals surface area (Å²) in [6, 6.07) is 3.11. The Labute approximate surface area is 99.2 Å². The molecule has 1 aromatic rings. The predicted molar refractivity (Wildman–Crippen MR) is 61.7 cm³/mol. The van der Waals surface area contributed by atoms with Crippen LogP contribution in [-0.2, 0) is 6.42 Å². The van der Waals surface area contributed by atoms with Gasteiger partial charge in [-0.05, 0) is 38.0 Å². The van der Waals surface area contributed by atoms with Crippen molar-refractivity contribution in [1.82, 2.24) is 10.6 Å². The fourth-order valence-corrected chi connectivity index (χ4v) is 1.39. The standard InChI is InChI=1S/C12H16F2N2O/c1-8(2)16-12(17)15-4-3-9-5-10(13)7-11(14)6-9/h5-8H,3-4H2,1-2H3,(H2,15,16,17). The molecule has 0 aromatic heterocycles. The van der Waals surface area contributed by atoms with Gasteiger partial charge in [-0.1, -0.05) is 0 Å². The minimum absolute atomic E-state index is 0.0571. The van der Waals surface area contributed by atoms with Crippen LogP contribution < -0.4 is 10.6 Å². The zero-order chi connectivity index (χ0) is 12.8. The Kier molecular flexibility index (Phi) is 4.87. The highest BCUT2D eigenvalue weighted by Crippen LogP contribution is 2.07. The van der Waals surface area contributed by atoms with Crippen molar-refractivity contribution in [2.75, 3.05) is 6.54 Å². The maximum atomic E-state index is 12.8. The van der Waals surface area contributed by atoms with Gasteiger partial charge < -0.3 is 10.6 Å². The highest BCUT2D eigenvalue weighted by atomic mass is 19.1. The Hall–Kier alpha value is -1.65. The van der Waals surface area contributed by atoms with Gasteiger partial charge in [0.25, 0.3) is 0 Å². The Bertz CT molecular complexity index is 374. The summed E-state index contributed by atoms with van der Waals surface area (Å²) in [5.74, 6) is -1.21. The van der Waals surface area contributed by atoms with Crippen molar-refractivity contribution in [3.05, 3.63) is 35.4 Å². The van der Waals surface area contributed by atoms with Crippen LogP contribution in [0.2, 0.25) is 0 Å². The molecular formula is C12H16F2N2O. The van der Waals surface area contributed by atoms with Crippen molar-refractivity contribution in [2.45, 2.75) is 26.3 Å². The molecular weight excluding hydrogens is 226 g/mol. The van der Waals surface area contributed by atoms with Crippen molar-refractivity contribution < 1.29 is 13.6 Å². The molecule has 0 saturated heterocycles. The van der Waals surface area contributed by atoms with Crippen LogP contribution >= 0.6 is 0 Å². The molecule has 0 aliphatic heterocycles. The SMILES string of the molecule is CC(C)NC(=O)NCCc1cc(F)cc(F)c1. The van der Waals surface area contributed by atoms with Crippen molar-refractivity contribution in [3.8, 4) is 0 Å². The molecule has 1 aromatic carbocycles. The van der Waals surface area contributed by atoms with Crippen LogP contribution in [0.5, 0.6) is 0 Å². The van der Waals surface area contributed by atoms with Gasteiger partial charge in [-0.2, -0.15) is 0 Å². The third kappa shape index (κ3) is 5.29. The second-order valence-corrected chi connectivity index (χ2v) is 4.08. The van der Waals surface area contributed by atoms with Gasteiger partial charge in [0.05, 0.1) is 0 Å². The van der Waals surface area contributed by atoms with E-state index in [1.165, 1.54) is 12.1 Å². The topological polar surface area (TPSA) is 41.1 Å². The molecule has 0 saturated carbocycles. The van der Waals surface area contributed by atoms with E-state index in [4.69, 9.17) is 0 Å². The summed E-state index contributed by atoms with van der Waals surface area (Å²) in [7, 11) is 0. The van der Waals surface area contributed by atoms with E-state index in [9.17, 15) is 13.6 Å². The van der Waals surface area contributed by atoms with Gasteiger partial charge in [-0.15, -0.1) is 0 Å². The lowest BCUT2D eigenvalue weighted by Gasteiger charge is -2.10. The van der Waals surface area contributed by atoms with Crippen molar-refractivity contribution >= 4 is 6.03 Å². The normalized spacial score (nSPS) is 10.4. The van der Waals surface area contributed by atoms with E-state index in [-0.39, 0.29) is 12.1 Å². The van der Waals surface area contributed by atoms with Gasteiger partial charge in [-0.3, -0.25) is 0 Å². The summed E-state index contributed by atoms with van der Waals surface area (Å²) in [6.07, 6.45) is 0.389. The summed E-state index contributed by atoms with van der Waals surface area (Å²) < 4.78 is 25.7. The van der Waals surface area contributed by atoms with Gasteiger partial charge in [0.15, 0.2) is 0 Å². The van der Waals surface area contributed by atoms with Crippen molar-refractivity contribution in [1.29, 1.82) is 0 Å². The lowest BCUT2D eigenvalue weighted by Crippen LogP contribution is -2.40. The van der Waals surface area contributed by atoms with Crippen LogP contribution in [0.4, 0.5) is 13.6 Å². The molecule has 17 heavy (non-hydrogen) atoms. The maximum absolute atomic E-state index is 12.8. The molecule has 0 spiro atoms. The zero-order valence-electron chi connectivity index (χ0n) is 9.89. The number of carbonyl (C=O) groups is 1. The Morgan fingerprint density at radius 3 is 2.35 bits per heavy atom. The Balaban J connectivity index is 2.38. The number of halogens is 2. The number of benzene rings is 1. The lowest BCUT2D eigenvalue weighted by molar-refractivity contribution is 0.238. The molecule has 2 N–H and O–H groups in total. The average molecular weight is 242 g/mol. The fraction of sp³-hybridized carbons (Fsp3) is 0.417. The van der Waals surface area contributed by atoms with Crippen molar-refractivity contribution in [3.63, 3.8) is 0 Å². The van der Waals surface area contributed by atoms with E-state index in [2.05, 4.69) is 10.6 Å². The molecule has 2 amide bonds. The van der Waals surface area contributed by atoms with Gasteiger partial charge in [0, 0.05) is 18.7 Å². The Morgan fingerprint density at radius 1 is 1.24 bits per heavy atom. The molecule has 0 fully saturated rings. The van der Waals surface area contributed by atoms with Gasteiger partial charge in [0.2, 0.25) is 0 Å². The van der Waals surface area contributed by atoms with Crippen LogP contribution in [0, 0.1) is 11.6 Å². The first-order chi connectivity index (χ1) is 7.97. The average Bonchev–Trinajstić information content (AvgIpc) is 2.14. The number of carbonyl (C=O) groups excluding carboxylic acids is 1. The summed E-state index contributed by atoms with van der Waals surface area (Å²) in [6.45, 7) is 4.03. The summed E-state index contributed by atoms with van der Waals surface area (Å²) >= 11 is 0. The minimum atomic E-state index is -0.605. The minimum Gasteiger partial charge on any atom is -0.338 e. The first-order valence-corrected chi connectivity index (χ1v) is 5.46. The molecule has 3 nitrogen and oxygen atoms in total. The third-order valence-corrected chi connectivity index (χ3v) is 2.04. The van der Waals surface area contributed by atoms with E-state index in [1.807, 2.05) is 13.8 Å². The largest absolute Gasteiger partial charge is 0.338 e. The number of rotatable bonds is 4. The molecule has 0 radical (unpaired) electrons. The van der Waals surface area contributed by atoms with E-state index in [0.717, 1.165) is 6.07 Å². The first kappa shape index (κ1) is 13.4. The van der Waals surface area contributed by atoms with Gasteiger partial charge in [-0.25, -0.2) is 13.6 Å². The molecule has 0 unspecified atom stereocenters. The van der Waals surface area contributed by atoms with E-state index in [1.54, 1.807) is 0 Å². The van der Waals surface area contributed by atoms with Crippen LogP contribution in [0.3, 0.4) is 0 Å². The highest BCUT2D eigenvalue weighted by molar-refractivity contribution is 5.74. The highest BCUT2D eigenvalue weighted by Gasteiger charge is 2.03.